The summed E-state index contributed by atoms with van der Waals surface area (Å²) in [5.41, 5.74) is 0.315. The first-order valence-corrected chi connectivity index (χ1v) is 6.61. The first-order valence-electron chi connectivity index (χ1n) is 5.86. The van der Waals surface area contributed by atoms with Crippen LogP contribution in [0.4, 0.5) is 5.69 Å². The van der Waals surface area contributed by atoms with Crippen LogP contribution in [0, 0.1) is 5.92 Å². The van der Waals surface area contributed by atoms with Crippen molar-refractivity contribution in [3.8, 4) is 0 Å². The van der Waals surface area contributed by atoms with Gasteiger partial charge in [0.25, 0.3) is 5.91 Å². The Morgan fingerprint density at radius 1 is 1.32 bits per heavy atom. The lowest BCUT2D eigenvalue weighted by Crippen LogP contribution is -2.23. The number of benzene rings is 1. The van der Waals surface area contributed by atoms with E-state index in [2.05, 4.69) is 5.32 Å². The maximum atomic E-state index is 11.6. The van der Waals surface area contributed by atoms with Crippen molar-refractivity contribution in [2.45, 2.75) is 20.3 Å². The van der Waals surface area contributed by atoms with Gasteiger partial charge in [0.05, 0.1) is 21.7 Å². The topological polar surface area (TPSA) is 55.4 Å². The Hall–Kier alpha value is -1.26. The summed E-state index contributed by atoms with van der Waals surface area (Å²) in [6.07, 6.45) is 0.663. The highest BCUT2D eigenvalue weighted by atomic mass is 35.5. The van der Waals surface area contributed by atoms with E-state index in [1.54, 1.807) is 25.1 Å². The number of anilines is 1. The van der Waals surface area contributed by atoms with Crippen molar-refractivity contribution < 1.29 is 14.3 Å². The number of esters is 1. The molecular weight excluding hydrogens is 289 g/mol. The van der Waals surface area contributed by atoms with E-state index in [0.717, 1.165) is 0 Å². The zero-order valence-corrected chi connectivity index (χ0v) is 12.2. The normalized spacial score (nSPS) is 11.8. The molecule has 0 bridgehead atoms. The summed E-state index contributed by atoms with van der Waals surface area (Å²) < 4.78 is 4.87. The van der Waals surface area contributed by atoms with Gasteiger partial charge < -0.3 is 10.1 Å². The van der Waals surface area contributed by atoms with Crippen LogP contribution in [0.2, 0.25) is 10.0 Å². The molecule has 0 aromatic heterocycles. The van der Waals surface area contributed by atoms with Crippen molar-refractivity contribution in [3.05, 3.63) is 28.2 Å². The van der Waals surface area contributed by atoms with Crippen molar-refractivity contribution in [1.29, 1.82) is 0 Å². The molecule has 0 heterocycles. The van der Waals surface area contributed by atoms with Gasteiger partial charge in [-0.3, -0.25) is 9.59 Å². The van der Waals surface area contributed by atoms with E-state index in [0.29, 0.717) is 22.2 Å². The van der Waals surface area contributed by atoms with Gasteiger partial charge in [0.1, 0.15) is 0 Å². The molecule has 1 amide bonds. The Kier molecular flexibility index (Phi) is 6.12. The van der Waals surface area contributed by atoms with Gasteiger partial charge in [-0.05, 0) is 18.6 Å². The third kappa shape index (κ3) is 4.73. The lowest BCUT2D eigenvalue weighted by molar-refractivity contribution is -0.151. The van der Waals surface area contributed by atoms with Gasteiger partial charge >= 0.3 is 5.97 Å². The van der Waals surface area contributed by atoms with E-state index in [-0.39, 0.29) is 12.5 Å². The quantitative estimate of drug-likeness (QED) is 0.847. The summed E-state index contributed by atoms with van der Waals surface area (Å²) in [4.78, 5) is 23.0. The van der Waals surface area contributed by atoms with Crippen molar-refractivity contribution in [1.82, 2.24) is 0 Å². The summed E-state index contributed by atoms with van der Waals surface area (Å²) in [6.45, 7) is 3.26. The van der Waals surface area contributed by atoms with Gasteiger partial charge in [-0.15, -0.1) is 0 Å². The van der Waals surface area contributed by atoms with Crippen molar-refractivity contribution in [2.75, 3.05) is 11.9 Å². The predicted molar refractivity (Wildman–Crippen MR) is 75.5 cm³/mol. The highest BCUT2D eigenvalue weighted by molar-refractivity contribution is 6.39. The summed E-state index contributed by atoms with van der Waals surface area (Å²) in [6, 6.07) is 4.88. The third-order valence-corrected chi connectivity index (χ3v) is 3.22. The van der Waals surface area contributed by atoms with Gasteiger partial charge in [0.2, 0.25) is 0 Å². The fourth-order valence-electron chi connectivity index (χ4n) is 1.24. The van der Waals surface area contributed by atoms with Gasteiger partial charge in [-0.2, -0.15) is 0 Å². The molecule has 0 saturated carbocycles. The minimum absolute atomic E-state index is 0.225. The van der Waals surface area contributed by atoms with Crippen LogP contribution >= 0.6 is 23.2 Å². The van der Waals surface area contributed by atoms with Crippen LogP contribution in [0.25, 0.3) is 0 Å². The summed E-state index contributed by atoms with van der Waals surface area (Å²) in [5.74, 6) is -1.11. The van der Waals surface area contributed by atoms with E-state index in [9.17, 15) is 9.59 Å². The summed E-state index contributed by atoms with van der Waals surface area (Å²) in [5, 5.41) is 3.17. The fraction of sp³-hybridized carbons (Fsp3) is 0.385. The zero-order chi connectivity index (χ0) is 14.4. The monoisotopic (exact) mass is 303 g/mol. The van der Waals surface area contributed by atoms with Crippen LogP contribution in [0.15, 0.2) is 18.2 Å². The highest BCUT2D eigenvalue weighted by Gasteiger charge is 2.15. The van der Waals surface area contributed by atoms with Crippen molar-refractivity contribution >= 4 is 40.8 Å². The van der Waals surface area contributed by atoms with E-state index < -0.39 is 11.9 Å². The molecule has 19 heavy (non-hydrogen) atoms. The Morgan fingerprint density at radius 2 is 1.89 bits per heavy atom. The van der Waals surface area contributed by atoms with Gasteiger partial charge in [-0.25, -0.2) is 0 Å². The molecule has 1 aromatic rings. The van der Waals surface area contributed by atoms with Crippen LogP contribution < -0.4 is 5.32 Å². The number of halogens is 2. The summed E-state index contributed by atoms with van der Waals surface area (Å²) in [7, 11) is 0. The molecular formula is C13H15Cl2NO3. The molecule has 1 unspecified atom stereocenters. The standard InChI is InChI=1S/C13H15Cl2NO3/c1-3-8(2)13(18)19-7-11(17)16-12-9(14)5-4-6-10(12)15/h4-6,8H,3,7H2,1-2H3,(H,16,17). The largest absolute Gasteiger partial charge is 0.455 e. The molecule has 104 valence electrons. The number of carbonyl (C=O) groups excluding carboxylic acids is 2. The average Bonchev–Trinajstić information content (AvgIpc) is 2.39. The highest BCUT2D eigenvalue weighted by Crippen LogP contribution is 2.29. The molecule has 0 fully saturated rings. The first-order chi connectivity index (χ1) is 8.95. The van der Waals surface area contributed by atoms with Crippen LogP contribution in [0.5, 0.6) is 0 Å². The molecule has 4 nitrogen and oxygen atoms in total. The molecule has 0 spiro atoms. The minimum Gasteiger partial charge on any atom is -0.455 e. The number of hydrogen-bond donors (Lipinski definition) is 1. The molecule has 1 aromatic carbocycles. The molecule has 0 saturated heterocycles. The number of ether oxygens (including phenoxy) is 1. The number of para-hydroxylation sites is 1. The number of rotatable bonds is 5. The second-order valence-electron chi connectivity index (χ2n) is 4.06. The molecule has 1 rings (SSSR count). The fourth-order valence-corrected chi connectivity index (χ4v) is 1.73. The third-order valence-electron chi connectivity index (χ3n) is 2.59. The number of hydrogen-bond acceptors (Lipinski definition) is 3. The first kappa shape index (κ1) is 15.8. The van der Waals surface area contributed by atoms with Crippen LogP contribution in [-0.2, 0) is 14.3 Å². The average molecular weight is 304 g/mol. The molecule has 0 radical (unpaired) electrons. The Balaban J connectivity index is 2.55. The zero-order valence-electron chi connectivity index (χ0n) is 10.7. The van der Waals surface area contributed by atoms with Gasteiger partial charge in [0, 0.05) is 0 Å². The van der Waals surface area contributed by atoms with E-state index in [1.165, 1.54) is 0 Å². The second kappa shape index (κ2) is 7.36. The van der Waals surface area contributed by atoms with Crippen molar-refractivity contribution in [2.24, 2.45) is 5.92 Å². The molecule has 1 N–H and O–H groups in total. The lowest BCUT2D eigenvalue weighted by Gasteiger charge is -2.11. The number of nitrogens with one attached hydrogen (secondary N) is 1. The predicted octanol–water partition coefficient (Wildman–Crippen LogP) is 3.52. The minimum atomic E-state index is -0.480. The maximum absolute atomic E-state index is 11.6. The van der Waals surface area contributed by atoms with Gasteiger partial charge in [-0.1, -0.05) is 43.1 Å². The van der Waals surface area contributed by atoms with Crippen LogP contribution in [0.3, 0.4) is 0 Å². The lowest BCUT2D eigenvalue weighted by atomic mass is 10.1. The van der Waals surface area contributed by atoms with Crippen molar-refractivity contribution in [3.63, 3.8) is 0 Å². The van der Waals surface area contributed by atoms with Crippen LogP contribution in [0.1, 0.15) is 20.3 Å². The molecule has 6 heteroatoms. The van der Waals surface area contributed by atoms with E-state index >= 15 is 0 Å². The number of carbonyl (C=O) groups is 2. The maximum Gasteiger partial charge on any atom is 0.309 e. The molecule has 0 aliphatic carbocycles. The smallest absolute Gasteiger partial charge is 0.309 e. The van der Waals surface area contributed by atoms with E-state index in [4.69, 9.17) is 27.9 Å². The summed E-state index contributed by atoms with van der Waals surface area (Å²) >= 11 is 11.8. The number of amides is 1. The Morgan fingerprint density at radius 3 is 2.42 bits per heavy atom. The Bertz CT molecular complexity index is 457. The second-order valence-corrected chi connectivity index (χ2v) is 4.88. The molecule has 0 aliphatic heterocycles. The molecule has 0 aliphatic rings. The van der Waals surface area contributed by atoms with Gasteiger partial charge in [0.15, 0.2) is 6.61 Å². The van der Waals surface area contributed by atoms with Crippen LogP contribution in [-0.4, -0.2) is 18.5 Å². The van der Waals surface area contributed by atoms with E-state index in [1.807, 2.05) is 6.92 Å². The SMILES string of the molecule is CCC(C)C(=O)OCC(=O)Nc1c(Cl)cccc1Cl. The Labute approximate surface area is 122 Å². The molecule has 1 atom stereocenters.